The summed E-state index contributed by atoms with van der Waals surface area (Å²) in [4.78, 5) is 16.9. The number of hydrogen-bond acceptors (Lipinski definition) is 5. The maximum atomic E-state index is 12.4. The monoisotopic (exact) mass is 431 g/mol. The summed E-state index contributed by atoms with van der Waals surface area (Å²) in [5.74, 6) is 1.02. The summed E-state index contributed by atoms with van der Waals surface area (Å²) >= 11 is 5.29. The molecule has 1 amide bonds. The number of nitrogens with one attached hydrogen (secondary N) is 2. The van der Waals surface area contributed by atoms with Crippen LogP contribution in [-0.4, -0.2) is 23.1 Å². The Morgan fingerprint density at radius 2 is 1.81 bits per heavy atom. The van der Waals surface area contributed by atoms with Crippen molar-refractivity contribution >= 4 is 40.0 Å². The topological polar surface area (TPSA) is 76.4 Å². The second-order valence-corrected chi connectivity index (χ2v) is 7.30. The number of benzene rings is 3. The predicted octanol–water partition coefficient (Wildman–Crippen LogP) is 5.19. The Morgan fingerprint density at radius 1 is 1.06 bits per heavy atom. The van der Waals surface area contributed by atoms with Crippen LogP contribution >= 0.6 is 12.2 Å². The summed E-state index contributed by atoms with van der Waals surface area (Å²) in [7, 11) is 1.62. The second-order valence-electron chi connectivity index (χ2n) is 6.89. The quantitative estimate of drug-likeness (QED) is 0.424. The molecule has 7 heteroatoms. The van der Waals surface area contributed by atoms with E-state index in [9.17, 15) is 4.79 Å². The number of methoxy groups -OCH3 is 1. The lowest BCUT2D eigenvalue weighted by Crippen LogP contribution is -2.34. The SMILES string of the molecule is CCc1ccc(C(=O)NC(=S)Nc2ccc3oc(-c4ccc(OC)cc4)nc3c2)cc1. The van der Waals surface area contributed by atoms with Crippen molar-refractivity contribution in [3.8, 4) is 17.2 Å². The number of rotatable bonds is 5. The molecule has 1 heterocycles. The molecule has 0 aliphatic carbocycles. The van der Waals surface area contributed by atoms with E-state index in [2.05, 4.69) is 22.5 Å². The van der Waals surface area contributed by atoms with Gasteiger partial charge >= 0.3 is 0 Å². The summed E-state index contributed by atoms with van der Waals surface area (Å²) in [5, 5.41) is 5.93. The van der Waals surface area contributed by atoms with Gasteiger partial charge in [-0.3, -0.25) is 10.1 Å². The highest BCUT2D eigenvalue weighted by atomic mass is 32.1. The van der Waals surface area contributed by atoms with Gasteiger partial charge in [-0.25, -0.2) is 4.98 Å². The van der Waals surface area contributed by atoms with Crippen LogP contribution in [0.4, 0.5) is 5.69 Å². The molecule has 6 nitrogen and oxygen atoms in total. The first-order valence-electron chi connectivity index (χ1n) is 9.82. The number of aromatic nitrogens is 1. The zero-order chi connectivity index (χ0) is 21.8. The molecule has 0 bridgehead atoms. The third-order valence-electron chi connectivity index (χ3n) is 4.83. The van der Waals surface area contributed by atoms with Crippen LogP contribution in [0.25, 0.3) is 22.6 Å². The van der Waals surface area contributed by atoms with Crippen molar-refractivity contribution in [3.05, 3.63) is 77.9 Å². The number of ether oxygens (including phenoxy) is 1. The number of carbonyl (C=O) groups is 1. The highest BCUT2D eigenvalue weighted by Crippen LogP contribution is 2.27. The summed E-state index contributed by atoms with van der Waals surface area (Å²) in [6.07, 6.45) is 0.923. The molecule has 0 aliphatic rings. The molecule has 156 valence electrons. The summed E-state index contributed by atoms with van der Waals surface area (Å²) in [6, 6.07) is 20.4. The Bertz CT molecular complexity index is 1230. The molecule has 0 saturated heterocycles. The van der Waals surface area contributed by atoms with E-state index in [0.29, 0.717) is 28.2 Å². The molecular formula is C24H21N3O3S. The molecule has 0 unspecified atom stereocenters. The maximum absolute atomic E-state index is 12.4. The van der Waals surface area contributed by atoms with Crippen LogP contribution in [-0.2, 0) is 6.42 Å². The number of thiocarbonyl (C=S) groups is 1. The van der Waals surface area contributed by atoms with E-state index < -0.39 is 0 Å². The maximum Gasteiger partial charge on any atom is 0.257 e. The van der Waals surface area contributed by atoms with Crippen LogP contribution in [0.2, 0.25) is 0 Å². The Balaban J connectivity index is 1.45. The van der Waals surface area contributed by atoms with Gasteiger partial charge in [-0.2, -0.15) is 0 Å². The molecule has 2 N–H and O–H groups in total. The van der Waals surface area contributed by atoms with Crippen LogP contribution in [0.1, 0.15) is 22.8 Å². The van der Waals surface area contributed by atoms with Crippen molar-refractivity contribution in [3.63, 3.8) is 0 Å². The zero-order valence-corrected chi connectivity index (χ0v) is 18.0. The molecular weight excluding hydrogens is 410 g/mol. The molecule has 0 saturated carbocycles. The molecule has 31 heavy (non-hydrogen) atoms. The Hall–Kier alpha value is -3.71. The summed E-state index contributed by atoms with van der Waals surface area (Å²) in [6.45, 7) is 2.07. The van der Waals surface area contributed by atoms with Gasteiger partial charge in [0.05, 0.1) is 7.11 Å². The van der Waals surface area contributed by atoms with E-state index in [1.807, 2.05) is 54.6 Å². The van der Waals surface area contributed by atoms with Crippen molar-refractivity contribution in [2.45, 2.75) is 13.3 Å². The molecule has 0 fully saturated rings. The molecule has 3 aromatic carbocycles. The normalized spacial score (nSPS) is 10.6. The van der Waals surface area contributed by atoms with Gasteiger partial charge in [0.25, 0.3) is 5.91 Å². The number of anilines is 1. The predicted molar refractivity (Wildman–Crippen MR) is 126 cm³/mol. The van der Waals surface area contributed by atoms with Gasteiger partial charge in [0.1, 0.15) is 11.3 Å². The average molecular weight is 432 g/mol. The van der Waals surface area contributed by atoms with E-state index in [-0.39, 0.29) is 11.0 Å². The van der Waals surface area contributed by atoms with E-state index in [4.69, 9.17) is 21.4 Å². The molecule has 0 atom stereocenters. The number of oxazole rings is 1. The van der Waals surface area contributed by atoms with E-state index >= 15 is 0 Å². The number of hydrogen-bond donors (Lipinski definition) is 2. The number of nitrogens with zero attached hydrogens (tertiary/aromatic N) is 1. The minimum Gasteiger partial charge on any atom is -0.497 e. The molecule has 1 aromatic heterocycles. The largest absolute Gasteiger partial charge is 0.497 e. The van der Waals surface area contributed by atoms with Crippen LogP contribution in [0.15, 0.2) is 71.1 Å². The third kappa shape index (κ3) is 4.73. The number of amides is 1. The van der Waals surface area contributed by atoms with Gasteiger partial charge in [-0.05, 0) is 78.8 Å². The fourth-order valence-corrected chi connectivity index (χ4v) is 3.30. The summed E-state index contributed by atoms with van der Waals surface area (Å²) < 4.78 is 11.0. The highest BCUT2D eigenvalue weighted by Gasteiger charge is 2.11. The van der Waals surface area contributed by atoms with Gasteiger partial charge in [0, 0.05) is 16.8 Å². The highest BCUT2D eigenvalue weighted by molar-refractivity contribution is 7.80. The van der Waals surface area contributed by atoms with Crippen molar-refractivity contribution in [2.24, 2.45) is 0 Å². The van der Waals surface area contributed by atoms with Crippen molar-refractivity contribution < 1.29 is 13.9 Å². The first kappa shape index (κ1) is 20.6. The van der Waals surface area contributed by atoms with Crippen molar-refractivity contribution in [1.29, 1.82) is 0 Å². The fourth-order valence-electron chi connectivity index (χ4n) is 3.09. The lowest BCUT2D eigenvalue weighted by molar-refractivity contribution is 0.0977. The second kappa shape index (κ2) is 8.97. The fraction of sp³-hybridized carbons (Fsp3) is 0.125. The average Bonchev–Trinajstić information content (AvgIpc) is 3.22. The van der Waals surface area contributed by atoms with Crippen LogP contribution in [0.5, 0.6) is 5.75 Å². The first-order chi connectivity index (χ1) is 15.1. The lowest BCUT2D eigenvalue weighted by Gasteiger charge is -2.09. The molecule has 0 spiro atoms. The Kier molecular flexibility index (Phi) is 5.95. The standard InChI is InChI=1S/C24H21N3O3S/c1-3-15-4-6-16(7-5-15)22(28)27-24(31)25-18-10-13-21-20(14-18)26-23(30-21)17-8-11-19(29-2)12-9-17/h4-14H,3H2,1-2H3,(H2,25,27,28,31). The van der Waals surface area contributed by atoms with Crippen molar-refractivity contribution in [2.75, 3.05) is 12.4 Å². The smallest absolute Gasteiger partial charge is 0.257 e. The van der Waals surface area contributed by atoms with E-state index in [0.717, 1.165) is 17.7 Å². The number of aryl methyl sites for hydroxylation is 1. The zero-order valence-electron chi connectivity index (χ0n) is 17.1. The van der Waals surface area contributed by atoms with Gasteiger partial charge < -0.3 is 14.5 Å². The van der Waals surface area contributed by atoms with Crippen molar-refractivity contribution in [1.82, 2.24) is 10.3 Å². The molecule has 4 aromatic rings. The minimum atomic E-state index is -0.260. The Morgan fingerprint density at radius 3 is 2.48 bits per heavy atom. The third-order valence-corrected chi connectivity index (χ3v) is 5.04. The minimum absolute atomic E-state index is 0.211. The van der Waals surface area contributed by atoms with Gasteiger partial charge in [0.15, 0.2) is 10.7 Å². The number of fused-ring (bicyclic) bond motifs is 1. The van der Waals surface area contributed by atoms with Gasteiger partial charge in [0.2, 0.25) is 5.89 Å². The van der Waals surface area contributed by atoms with Gasteiger partial charge in [-0.15, -0.1) is 0 Å². The van der Waals surface area contributed by atoms with Crippen LogP contribution in [0, 0.1) is 0 Å². The molecule has 0 radical (unpaired) electrons. The molecule has 4 rings (SSSR count). The van der Waals surface area contributed by atoms with E-state index in [1.54, 1.807) is 19.2 Å². The Labute approximate surface area is 185 Å². The van der Waals surface area contributed by atoms with Gasteiger partial charge in [-0.1, -0.05) is 19.1 Å². The lowest BCUT2D eigenvalue weighted by atomic mass is 10.1. The first-order valence-corrected chi connectivity index (χ1v) is 10.2. The summed E-state index contributed by atoms with van der Waals surface area (Å²) in [5.41, 5.74) is 4.61. The number of carbonyl (C=O) groups excluding carboxylic acids is 1. The molecule has 0 aliphatic heterocycles. The van der Waals surface area contributed by atoms with E-state index in [1.165, 1.54) is 5.56 Å². The van der Waals surface area contributed by atoms with Crippen LogP contribution in [0.3, 0.4) is 0 Å². The van der Waals surface area contributed by atoms with Crippen LogP contribution < -0.4 is 15.4 Å².